The summed E-state index contributed by atoms with van der Waals surface area (Å²) in [5.41, 5.74) is 0.0423. The number of hydrogen-bond donors (Lipinski definition) is 1. The quantitative estimate of drug-likeness (QED) is 0.587. The van der Waals surface area contributed by atoms with E-state index in [0.29, 0.717) is 13.1 Å². The number of anilines is 1. The second-order valence-corrected chi connectivity index (χ2v) is 6.47. The second-order valence-electron chi connectivity index (χ2n) is 4.54. The van der Waals surface area contributed by atoms with Crippen molar-refractivity contribution in [1.82, 2.24) is 4.31 Å². The molecular weight excluding hydrogens is 294 g/mol. The summed E-state index contributed by atoms with van der Waals surface area (Å²) >= 11 is 0. The van der Waals surface area contributed by atoms with Gasteiger partial charge in [0.15, 0.2) is 0 Å². The molecule has 0 aliphatic carbocycles. The fourth-order valence-corrected chi connectivity index (χ4v) is 3.47. The maximum atomic E-state index is 12.5. The molecule has 1 aromatic carbocycles. The van der Waals surface area contributed by atoms with Crippen LogP contribution in [0.5, 0.6) is 0 Å². The zero-order valence-corrected chi connectivity index (χ0v) is 13.3. The largest absolute Gasteiger partial charge is 0.383 e. The van der Waals surface area contributed by atoms with E-state index in [1.54, 1.807) is 14.0 Å². The molecule has 0 aromatic heterocycles. The summed E-state index contributed by atoms with van der Waals surface area (Å²) < 4.78 is 26.4. The summed E-state index contributed by atoms with van der Waals surface area (Å²) in [6.45, 7) is 4.48. The highest BCUT2D eigenvalue weighted by atomic mass is 32.2. The van der Waals surface area contributed by atoms with Gasteiger partial charge in [0.2, 0.25) is 10.0 Å². The molecule has 0 heterocycles. The van der Waals surface area contributed by atoms with E-state index in [1.807, 2.05) is 6.92 Å². The lowest BCUT2D eigenvalue weighted by atomic mass is 10.3. The molecule has 0 atom stereocenters. The molecule has 0 unspecified atom stereocenters. The highest BCUT2D eigenvalue weighted by Crippen LogP contribution is 2.28. The van der Waals surface area contributed by atoms with Crippen LogP contribution in [0.4, 0.5) is 11.4 Å². The molecule has 1 rings (SSSR count). The fourth-order valence-electron chi connectivity index (χ4n) is 1.97. The summed E-state index contributed by atoms with van der Waals surface area (Å²) in [6, 6.07) is 3.91. The van der Waals surface area contributed by atoms with Gasteiger partial charge >= 0.3 is 0 Å². The minimum absolute atomic E-state index is 0.0499. The third kappa shape index (κ3) is 3.92. The summed E-state index contributed by atoms with van der Waals surface area (Å²) in [4.78, 5) is 10.4. The van der Waals surface area contributed by atoms with Gasteiger partial charge in [0.1, 0.15) is 5.69 Å². The third-order valence-electron chi connectivity index (χ3n) is 3.19. The molecule has 0 saturated carbocycles. The van der Waals surface area contributed by atoms with Crippen LogP contribution in [0, 0.1) is 10.1 Å². The van der Waals surface area contributed by atoms with Crippen LogP contribution in [-0.4, -0.2) is 37.8 Å². The van der Waals surface area contributed by atoms with E-state index in [0.717, 1.165) is 18.9 Å². The lowest BCUT2D eigenvalue weighted by Gasteiger charge is -2.20. The molecule has 0 saturated heterocycles. The Kier molecular flexibility index (Phi) is 6.10. The van der Waals surface area contributed by atoms with Crippen molar-refractivity contribution in [2.24, 2.45) is 0 Å². The van der Waals surface area contributed by atoms with Crippen LogP contribution in [-0.2, 0) is 10.0 Å². The molecule has 0 radical (unpaired) electrons. The number of unbranched alkanes of at least 4 members (excludes halogenated alkanes) is 1. The molecule has 8 heteroatoms. The predicted octanol–water partition coefficient (Wildman–Crippen LogP) is 2.45. The average Bonchev–Trinajstić information content (AvgIpc) is 2.46. The van der Waals surface area contributed by atoms with Gasteiger partial charge < -0.3 is 5.32 Å². The van der Waals surface area contributed by atoms with Gasteiger partial charge in [0, 0.05) is 26.2 Å². The second kappa shape index (κ2) is 7.37. The number of rotatable bonds is 8. The first kappa shape index (κ1) is 17.4. The molecule has 1 N–H and O–H groups in total. The highest BCUT2D eigenvalue weighted by Gasteiger charge is 2.25. The molecular formula is C13H21N3O4S. The SMILES string of the molecule is CCCCN(CC)S(=O)(=O)c1ccc(NC)c([N+](=O)[O-])c1. The van der Waals surface area contributed by atoms with Crippen LogP contribution in [0.3, 0.4) is 0 Å². The Morgan fingerprint density at radius 1 is 1.33 bits per heavy atom. The van der Waals surface area contributed by atoms with Crippen LogP contribution < -0.4 is 5.32 Å². The van der Waals surface area contributed by atoms with Crippen molar-refractivity contribution in [1.29, 1.82) is 0 Å². The van der Waals surface area contributed by atoms with E-state index < -0.39 is 14.9 Å². The first-order valence-electron chi connectivity index (χ1n) is 6.84. The molecule has 118 valence electrons. The summed E-state index contributed by atoms with van der Waals surface area (Å²) in [5.74, 6) is 0. The van der Waals surface area contributed by atoms with Crippen LogP contribution in [0.1, 0.15) is 26.7 Å². The molecule has 21 heavy (non-hydrogen) atoms. The Bertz CT molecular complexity index is 601. The van der Waals surface area contributed by atoms with Crippen LogP contribution in [0.2, 0.25) is 0 Å². The maximum Gasteiger partial charge on any atom is 0.293 e. The molecule has 0 spiro atoms. The van der Waals surface area contributed by atoms with Gasteiger partial charge in [-0.3, -0.25) is 10.1 Å². The van der Waals surface area contributed by atoms with Crippen LogP contribution >= 0.6 is 0 Å². The van der Waals surface area contributed by atoms with E-state index in [4.69, 9.17) is 0 Å². The number of hydrogen-bond acceptors (Lipinski definition) is 5. The van der Waals surface area contributed by atoms with Crippen molar-refractivity contribution >= 4 is 21.4 Å². The van der Waals surface area contributed by atoms with Crippen LogP contribution in [0.15, 0.2) is 23.1 Å². The summed E-state index contributed by atoms with van der Waals surface area (Å²) in [7, 11) is -2.15. The minimum Gasteiger partial charge on any atom is -0.383 e. The Balaban J connectivity index is 3.24. The molecule has 0 amide bonds. The smallest absolute Gasteiger partial charge is 0.293 e. The van der Waals surface area contributed by atoms with Crippen LogP contribution in [0.25, 0.3) is 0 Å². The number of nitrogens with zero attached hydrogens (tertiary/aromatic N) is 2. The lowest BCUT2D eigenvalue weighted by Crippen LogP contribution is -2.31. The van der Waals surface area contributed by atoms with Crippen molar-refractivity contribution in [2.45, 2.75) is 31.6 Å². The molecule has 0 aliphatic rings. The van der Waals surface area contributed by atoms with E-state index >= 15 is 0 Å². The summed E-state index contributed by atoms with van der Waals surface area (Å²) in [6.07, 6.45) is 1.63. The molecule has 0 bridgehead atoms. The van der Waals surface area contributed by atoms with Gasteiger partial charge in [0.05, 0.1) is 9.82 Å². The van der Waals surface area contributed by atoms with Gasteiger partial charge in [-0.15, -0.1) is 0 Å². The fraction of sp³-hybridized carbons (Fsp3) is 0.538. The summed E-state index contributed by atoms with van der Waals surface area (Å²) in [5, 5.41) is 13.7. The molecule has 1 aromatic rings. The zero-order valence-electron chi connectivity index (χ0n) is 12.5. The number of benzene rings is 1. The van der Waals surface area contributed by atoms with Crippen molar-refractivity contribution in [3.05, 3.63) is 28.3 Å². The molecule has 0 aliphatic heterocycles. The number of sulfonamides is 1. The minimum atomic E-state index is -3.70. The Morgan fingerprint density at radius 2 is 2.00 bits per heavy atom. The highest BCUT2D eigenvalue weighted by molar-refractivity contribution is 7.89. The predicted molar refractivity (Wildman–Crippen MR) is 82.0 cm³/mol. The van der Waals surface area contributed by atoms with Crippen molar-refractivity contribution in [3.8, 4) is 0 Å². The monoisotopic (exact) mass is 315 g/mol. The maximum absolute atomic E-state index is 12.5. The topological polar surface area (TPSA) is 92.6 Å². The van der Waals surface area contributed by atoms with Gasteiger partial charge in [0.25, 0.3) is 5.69 Å². The molecule has 7 nitrogen and oxygen atoms in total. The van der Waals surface area contributed by atoms with E-state index in [2.05, 4.69) is 5.32 Å². The lowest BCUT2D eigenvalue weighted by molar-refractivity contribution is -0.384. The average molecular weight is 315 g/mol. The number of nitro groups is 1. The van der Waals surface area contributed by atoms with E-state index in [9.17, 15) is 18.5 Å². The zero-order chi connectivity index (χ0) is 16.0. The first-order valence-corrected chi connectivity index (χ1v) is 8.28. The van der Waals surface area contributed by atoms with Gasteiger partial charge in [-0.25, -0.2) is 8.42 Å². The Hall–Kier alpha value is -1.67. The first-order chi connectivity index (χ1) is 9.88. The number of nitrogens with one attached hydrogen (secondary N) is 1. The van der Waals surface area contributed by atoms with Gasteiger partial charge in [-0.05, 0) is 18.6 Å². The van der Waals surface area contributed by atoms with Gasteiger partial charge in [-0.1, -0.05) is 20.3 Å². The Labute approximate surface area is 125 Å². The van der Waals surface area contributed by atoms with Crippen molar-refractivity contribution in [3.63, 3.8) is 0 Å². The van der Waals surface area contributed by atoms with E-state index in [-0.39, 0.29) is 16.3 Å². The normalized spacial score (nSPS) is 11.6. The van der Waals surface area contributed by atoms with Gasteiger partial charge in [-0.2, -0.15) is 4.31 Å². The van der Waals surface area contributed by atoms with E-state index in [1.165, 1.54) is 16.4 Å². The third-order valence-corrected chi connectivity index (χ3v) is 5.16. The Morgan fingerprint density at radius 3 is 2.48 bits per heavy atom. The number of nitro benzene ring substituents is 1. The van der Waals surface area contributed by atoms with Crippen molar-refractivity contribution < 1.29 is 13.3 Å². The van der Waals surface area contributed by atoms with Crippen molar-refractivity contribution in [2.75, 3.05) is 25.5 Å². The molecule has 0 fully saturated rings. The standard InChI is InChI=1S/C13H21N3O4S/c1-4-6-9-15(5-2)21(19,20)11-7-8-12(14-3)13(10-11)16(17)18/h7-8,10,14H,4-6,9H2,1-3H3.